The number of nitrogens with zero attached hydrogens (tertiary/aromatic N) is 2. The highest BCUT2D eigenvalue weighted by atomic mass is 16.5. The molecule has 0 unspecified atom stereocenters. The van der Waals surface area contributed by atoms with E-state index in [1.54, 1.807) is 11.0 Å². The van der Waals surface area contributed by atoms with E-state index in [9.17, 15) is 9.59 Å². The van der Waals surface area contributed by atoms with Gasteiger partial charge in [-0.3, -0.25) is 9.59 Å². The molecule has 2 amide bonds. The Bertz CT molecular complexity index is 658. The Morgan fingerprint density at radius 1 is 1.56 bits per heavy atom. The Hall–Kier alpha value is -2.19. The van der Waals surface area contributed by atoms with Crippen molar-refractivity contribution in [3.8, 4) is 5.88 Å². The lowest BCUT2D eigenvalue weighted by Crippen LogP contribution is -2.44. The van der Waals surface area contributed by atoms with Crippen molar-refractivity contribution in [2.75, 3.05) is 33.4 Å². The number of carbonyl (C=O) groups is 2. The molecule has 2 aliphatic heterocycles. The third-order valence-corrected chi connectivity index (χ3v) is 4.48. The lowest BCUT2D eigenvalue weighted by molar-refractivity contribution is -0.122. The monoisotopic (exact) mass is 348 g/mol. The normalized spacial score (nSPS) is 19.7. The molecule has 0 spiro atoms. The van der Waals surface area contributed by atoms with Crippen LogP contribution in [-0.4, -0.2) is 61.2 Å². The second-order valence-electron chi connectivity index (χ2n) is 6.18. The van der Waals surface area contributed by atoms with Crippen molar-refractivity contribution in [1.29, 1.82) is 0 Å². The fourth-order valence-electron chi connectivity index (χ4n) is 3.10. The van der Waals surface area contributed by atoms with Gasteiger partial charge in [0.15, 0.2) is 0 Å². The maximum Gasteiger partial charge on any atom is 0.256 e. The molecule has 0 bridgehead atoms. The molecule has 136 valence electrons. The van der Waals surface area contributed by atoms with E-state index in [0.29, 0.717) is 49.7 Å². The average molecular weight is 348 g/mol. The molecule has 1 saturated heterocycles. The third-order valence-electron chi connectivity index (χ3n) is 4.48. The number of carbonyl (C=O) groups excluding carboxylic acids is 2. The first kappa shape index (κ1) is 17.6. The van der Waals surface area contributed by atoms with Gasteiger partial charge in [0.25, 0.3) is 5.91 Å². The van der Waals surface area contributed by atoms with E-state index in [1.807, 2.05) is 6.92 Å². The highest BCUT2D eigenvalue weighted by Gasteiger charge is 2.29. The number of amides is 2. The third kappa shape index (κ3) is 3.91. The Labute approximate surface area is 146 Å². The van der Waals surface area contributed by atoms with Crippen molar-refractivity contribution in [3.05, 3.63) is 22.9 Å². The summed E-state index contributed by atoms with van der Waals surface area (Å²) in [7, 11) is 1.54. The van der Waals surface area contributed by atoms with E-state index < -0.39 is 0 Å². The van der Waals surface area contributed by atoms with Crippen LogP contribution in [0.4, 0.5) is 0 Å². The quantitative estimate of drug-likeness (QED) is 0.755. The zero-order valence-corrected chi connectivity index (χ0v) is 14.6. The molecule has 1 atom stereocenters. The van der Waals surface area contributed by atoms with Gasteiger partial charge in [-0.05, 0) is 13.0 Å². The number of morpholine rings is 1. The summed E-state index contributed by atoms with van der Waals surface area (Å²) in [5.41, 5.74) is 2.02. The molecule has 2 aliphatic rings. The lowest BCUT2D eigenvalue weighted by Gasteiger charge is -2.23. The topological polar surface area (TPSA) is 92.8 Å². The van der Waals surface area contributed by atoms with Gasteiger partial charge in [0.2, 0.25) is 11.8 Å². The fourth-order valence-corrected chi connectivity index (χ4v) is 3.10. The number of hydrogen-bond acceptors (Lipinski definition) is 6. The van der Waals surface area contributed by atoms with Crippen LogP contribution < -0.4 is 15.4 Å². The standard InChI is InChI=1S/C17H24N4O4/c1-3-21-9-14-13(17(21)23)6-11(16(20-14)24-2)8-19-15(22)7-12-10-25-5-4-18-12/h6,12,18H,3-5,7-10H2,1-2H3,(H,19,22)/t12-/m1/s1. The van der Waals surface area contributed by atoms with Crippen molar-refractivity contribution >= 4 is 11.8 Å². The Kier molecular flexibility index (Phi) is 5.50. The largest absolute Gasteiger partial charge is 0.481 e. The number of rotatable bonds is 6. The van der Waals surface area contributed by atoms with Crippen molar-refractivity contribution in [2.45, 2.75) is 32.5 Å². The number of hydrogen-bond donors (Lipinski definition) is 2. The number of ether oxygens (including phenoxy) is 2. The summed E-state index contributed by atoms with van der Waals surface area (Å²) in [4.78, 5) is 30.6. The minimum absolute atomic E-state index is 0.0243. The lowest BCUT2D eigenvalue weighted by atomic mass is 10.1. The van der Waals surface area contributed by atoms with Gasteiger partial charge in [-0.2, -0.15) is 0 Å². The van der Waals surface area contributed by atoms with Crippen LogP contribution in [0.25, 0.3) is 0 Å². The van der Waals surface area contributed by atoms with Crippen molar-refractivity contribution in [3.63, 3.8) is 0 Å². The van der Waals surface area contributed by atoms with E-state index in [1.165, 1.54) is 7.11 Å². The van der Waals surface area contributed by atoms with Crippen LogP contribution in [0.5, 0.6) is 5.88 Å². The first-order chi connectivity index (χ1) is 12.1. The van der Waals surface area contributed by atoms with Crippen LogP contribution in [0.3, 0.4) is 0 Å². The minimum atomic E-state index is -0.0768. The highest BCUT2D eigenvalue weighted by Crippen LogP contribution is 2.26. The van der Waals surface area contributed by atoms with Crippen molar-refractivity contribution in [2.24, 2.45) is 0 Å². The molecule has 0 aliphatic carbocycles. The van der Waals surface area contributed by atoms with Gasteiger partial charge in [-0.15, -0.1) is 0 Å². The van der Waals surface area contributed by atoms with E-state index >= 15 is 0 Å². The summed E-state index contributed by atoms with van der Waals surface area (Å²) in [6.45, 7) is 5.33. The number of fused-ring (bicyclic) bond motifs is 1. The number of nitrogens with one attached hydrogen (secondary N) is 2. The van der Waals surface area contributed by atoms with E-state index in [4.69, 9.17) is 9.47 Å². The van der Waals surface area contributed by atoms with Crippen molar-refractivity contribution in [1.82, 2.24) is 20.5 Å². The van der Waals surface area contributed by atoms with Gasteiger partial charge >= 0.3 is 0 Å². The molecular formula is C17H24N4O4. The number of methoxy groups -OCH3 is 1. The summed E-state index contributed by atoms with van der Waals surface area (Å²) in [5, 5.41) is 6.12. The molecule has 0 radical (unpaired) electrons. The SMILES string of the molecule is CCN1Cc2nc(OC)c(CNC(=O)C[C@@H]3COCCN3)cc2C1=O. The zero-order valence-electron chi connectivity index (χ0n) is 14.6. The molecule has 8 heteroatoms. The minimum Gasteiger partial charge on any atom is -0.481 e. The molecule has 3 heterocycles. The molecule has 25 heavy (non-hydrogen) atoms. The highest BCUT2D eigenvalue weighted by molar-refractivity contribution is 5.98. The molecule has 3 rings (SSSR count). The smallest absolute Gasteiger partial charge is 0.256 e. The number of pyridine rings is 1. The molecule has 1 aromatic rings. The molecule has 0 saturated carbocycles. The zero-order chi connectivity index (χ0) is 17.8. The molecule has 1 aromatic heterocycles. The Morgan fingerprint density at radius 3 is 3.08 bits per heavy atom. The van der Waals surface area contributed by atoms with E-state index in [2.05, 4.69) is 15.6 Å². The van der Waals surface area contributed by atoms with E-state index in [-0.39, 0.29) is 24.4 Å². The van der Waals surface area contributed by atoms with Crippen LogP contribution in [0.15, 0.2) is 6.07 Å². The predicted molar refractivity (Wildman–Crippen MR) is 90.3 cm³/mol. The van der Waals surface area contributed by atoms with Crippen LogP contribution in [-0.2, 0) is 22.6 Å². The molecule has 8 nitrogen and oxygen atoms in total. The van der Waals surface area contributed by atoms with E-state index in [0.717, 1.165) is 12.2 Å². The fraction of sp³-hybridized carbons (Fsp3) is 0.588. The average Bonchev–Trinajstić information content (AvgIpc) is 2.95. The summed E-state index contributed by atoms with van der Waals surface area (Å²) in [6.07, 6.45) is 0.350. The second-order valence-corrected chi connectivity index (χ2v) is 6.18. The molecule has 2 N–H and O–H groups in total. The first-order valence-corrected chi connectivity index (χ1v) is 8.56. The Balaban J connectivity index is 1.65. The summed E-state index contributed by atoms with van der Waals surface area (Å²) in [6, 6.07) is 1.81. The van der Waals surface area contributed by atoms with Gasteiger partial charge in [-0.25, -0.2) is 4.98 Å². The summed E-state index contributed by atoms with van der Waals surface area (Å²) >= 11 is 0. The van der Waals surface area contributed by atoms with Gasteiger partial charge in [0, 0.05) is 37.7 Å². The van der Waals surface area contributed by atoms with Crippen molar-refractivity contribution < 1.29 is 19.1 Å². The number of aromatic nitrogens is 1. The van der Waals surface area contributed by atoms with Gasteiger partial charge in [0.05, 0.1) is 38.1 Å². The van der Waals surface area contributed by atoms with Gasteiger partial charge in [-0.1, -0.05) is 0 Å². The van der Waals surface area contributed by atoms with Crippen LogP contribution in [0.2, 0.25) is 0 Å². The second kappa shape index (κ2) is 7.79. The van der Waals surface area contributed by atoms with Gasteiger partial charge in [0.1, 0.15) is 0 Å². The maximum absolute atomic E-state index is 12.3. The molecule has 0 aromatic carbocycles. The predicted octanol–water partition coefficient (Wildman–Crippen LogP) is 0.0606. The molecule has 1 fully saturated rings. The maximum atomic E-state index is 12.3. The summed E-state index contributed by atoms with van der Waals surface area (Å²) in [5.74, 6) is 0.347. The summed E-state index contributed by atoms with van der Waals surface area (Å²) < 4.78 is 10.7. The van der Waals surface area contributed by atoms with Crippen LogP contribution in [0, 0.1) is 0 Å². The van der Waals surface area contributed by atoms with Crippen LogP contribution in [0.1, 0.15) is 35.0 Å². The molecular weight excluding hydrogens is 324 g/mol. The van der Waals surface area contributed by atoms with Gasteiger partial charge < -0.3 is 25.0 Å². The first-order valence-electron chi connectivity index (χ1n) is 8.56. The Morgan fingerprint density at radius 2 is 2.40 bits per heavy atom. The van der Waals surface area contributed by atoms with Crippen LogP contribution >= 0.6 is 0 Å².